The molecule has 6 N–H and O–H groups in total. The van der Waals surface area contributed by atoms with Crippen LogP contribution in [0.5, 0.6) is 0 Å². The average Bonchev–Trinajstić information content (AvgIpc) is 3.29. The largest absolute Gasteiger partial charge is 0.390 e. The number of aromatic nitrogens is 4. The van der Waals surface area contributed by atoms with Crippen LogP contribution in [0.1, 0.15) is 22.5 Å². The lowest BCUT2D eigenvalue weighted by molar-refractivity contribution is 0.111. The molecule has 0 amide bonds. The van der Waals surface area contributed by atoms with E-state index >= 15 is 0 Å². The first kappa shape index (κ1) is 28.9. The summed E-state index contributed by atoms with van der Waals surface area (Å²) in [4.78, 5) is 4.45. The highest BCUT2D eigenvalue weighted by molar-refractivity contribution is 7.59. The summed E-state index contributed by atoms with van der Waals surface area (Å²) >= 11 is 0. The SMILES string of the molecule is Cn1cc2c(n1)CCN(C[C@@H](O)CN)C2.Cn1ncc2c1CCN(C[C@@H](O)CN)C2.S.S. The van der Waals surface area contributed by atoms with Crippen LogP contribution < -0.4 is 11.5 Å². The Labute approximate surface area is 204 Å². The van der Waals surface area contributed by atoms with Gasteiger partial charge < -0.3 is 21.7 Å². The molecule has 2 aliphatic rings. The lowest BCUT2D eigenvalue weighted by atomic mass is 10.1. The zero-order valence-corrected chi connectivity index (χ0v) is 21.1. The zero-order chi connectivity index (χ0) is 21.7. The molecule has 12 heteroatoms. The summed E-state index contributed by atoms with van der Waals surface area (Å²) in [5, 5.41) is 27.6. The van der Waals surface area contributed by atoms with Crippen LogP contribution in [0, 0.1) is 0 Å². The van der Waals surface area contributed by atoms with Crippen molar-refractivity contribution >= 4 is 27.0 Å². The maximum atomic E-state index is 9.48. The van der Waals surface area contributed by atoms with Gasteiger partial charge in [-0.3, -0.25) is 19.2 Å². The number of nitrogens with zero attached hydrogens (tertiary/aromatic N) is 6. The van der Waals surface area contributed by atoms with Gasteiger partial charge in [0.25, 0.3) is 0 Å². The fourth-order valence-electron chi connectivity index (χ4n) is 4.11. The Hall–Kier alpha value is -1.12. The quantitative estimate of drug-likeness (QED) is 0.383. The second-order valence-electron chi connectivity index (χ2n) is 8.26. The number of aliphatic hydroxyl groups is 2. The van der Waals surface area contributed by atoms with Crippen molar-refractivity contribution in [3.63, 3.8) is 0 Å². The van der Waals surface area contributed by atoms with E-state index < -0.39 is 12.2 Å². The summed E-state index contributed by atoms with van der Waals surface area (Å²) in [6.45, 7) is 5.66. The Balaban J connectivity index is 0.000000301. The highest BCUT2D eigenvalue weighted by atomic mass is 32.1. The fraction of sp³-hybridized carbons (Fsp3) is 0.700. The Morgan fingerprint density at radius 2 is 1.50 bits per heavy atom. The summed E-state index contributed by atoms with van der Waals surface area (Å²) in [7, 11) is 3.92. The van der Waals surface area contributed by atoms with Crippen molar-refractivity contribution in [1.29, 1.82) is 0 Å². The van der Waals surface area contributed by atoms with Crippen LogP contribution in [0.25, 0.3) is 0 Å². The van der Waals surface area contributed by atoms with E-state index in [1.807, 2.05) is 29.7 Å². The molecule has 184 valence electrons. The standard InChI is InChI=1S/2C10H18N4O.2H2S/c1-13-5-8-6-14(7-9(15)4-11)3-2-10(8)12-13;1-13-10-2-3-14(7-9(15)4-11)6-8(10)5-12-13;;/h2*5,9,15H,2-4,6-7,11H2,1H3;2*1H2/t2*9-;;/m00../s1. The smallest absolute Gasteiger partial charge is 0.0789 e. The third-order valence-corrected chi connectivity index (χ3v) is 5.74. The summed E-state index contributed by atoms with van der Waals surface area (Å²) in [5.74, 6) is 0. The van der Waals surface area contributed by atoms with E-state index in [2.05, 4.69) is 26.2 Å². The van der Waals surface area contributed by atoms with Gasteiger partial charge in [0.15, 0.2) is 0 Å². The first-order chi connectivity index (χ1) is 14.4. The fourth-order valence-corrected chi connectivity index (χ4v) is 4.11. The predicted molar refractivity (Wildman–Crippen MR) is 135 cm³/mol. The molecule has 0 radical (unpaired) electrons. The summed E-state index contributed by atoms with van der Waals surface area (Å²) in [6, 6.07) is 0. The second kappa shape index (κ2) is 13.6. The molecule has 2 aromatic heterocycles. The third kappa shape index (κ3) is 7.73. The molecular weight excluding hydrogens is 448 g/mol. The number of rotatable bonds is 6. The zero-order valence-electron chi connectivity index (χ0n) is 19.1. The molecular formula is C20H40N8O2S2. The van der Waals surface area contributed by atoms with E-state index in [0.717, 1.165) is 39.0 Å². The molecule has 2 aromatic rings. The Morgan fingerprint density at radius 3 is 2.09 bits per heavy atom. The molecule has 4 rings (SSSR count). The van der Waals surface area contributed by atoms with Crippen molar-refractivity contribution in [3.8, 4) is 0 Å². The summed E-state index contributed by atoms with van der Waals surface area (Å²) in [6.07, 6.45) is 5.11. The highest BCUT2D eigenvalue weighted by Crippen LogP contribution is 2.18. The molecule has 2 atom stereocenters. The molecule has 0 saturated heterocycles. The molecule has 4 heterocycles. The van der Waals surface area contributed by atoms with Crippen molar-refractivity contribution in [3.05, 3.63) is 34.9 Å². The van der Waals surface area contributed by atoms with E-state index in [4.69, 9.17) is 11.5 Å². The van der Waals surface area contributed by atoms with Gasteiger partial charge in [-0.15, -0.1) is 0 Å². The molecule has 0 aromatic carbocycles. The van der Waals surface area contributed by atoms with Crippen LogP contribution in [-0.4, -0.2) is 91.1 Å². The van der Waals surface area contributed by atoms with Gasteiger partial charge in [-0.05, 0) is 0 Å². The Bertz CT molecular complexity index is 802. The topological polar surface area (TPSA) is 135 Å². The number of hydrogen-bond donors (Lipinski definition) is 4. The van der Waals surface area contributed by atoms with E-state index in [1.54, 1.807) is 0 Å². The molecule has 0 aliphatic carbocycles. The van der Waals surface area contributed by atoms with Crippen LogP contribution >= 0.6 is 27.0 Å². The van der Waals surface area contributed by atoms with Gasteiger partial charge in [-0.2, -0.15) is 37.2 Å². The molecule has 10 nitrogen and oxygen atoms in total. The predicted octanol–water partition coefficient (Wildman–Crippen LogP) is -1.58. The van der Waals surface area contributed by atoms with Crippen LogP contribution in [0.15, 0.2) is 12.4 Å². The average molecular weight is 489 g/mol. The third-order valence-electron chi connectivity index (χ3n) is 5.74. The van der Waals surface area contributed by atoms with Crippen molar-refractivity contribution < 1.29 is 10.2 Å². The van der Waals surface area contributed by atoms with Gasteiger partial charge in [0, 0.05) is 102 Å². The Morgan fingerprint density at radius 1 is 0.938 bits per heavy atom. The number of aryl methyl sites for hydroxylation is 2. The van der Waals surface area contributed by atoms with Crippen LogP contribution in [0.3, 0.4) is 0 Å². The van der Waals surface area contributed by atoms with E-state index in [1.165, 1.54) is 22.5 Å². The van der Waals surface area contributed by atoms with Crippen molar-refractivity contribution in [2.45, 2.75) is 38.1 Å². The van der Waals surface area contributed by atoms with Crippen LogP contribution in [0.4, 0.5) is 0 Å². The van der Waals surface area contributed by atoms with Crippen molar-refractivity contribution in [2.24, 2.45) is 25.6 Å². The van der Waals surface area contributed by atoms with Gasteiger partial charge in [0.05, 0.1) is 24.1 Å². The minimum Gasteiger partial charge on any atom is -0.390 e. The van der Waals surface area contributed by atoms with E-state index in [0.29, 0.717) is 26.2 Å². The highest BCUT2D eigenvalue weighted by Gasteiger charge is 2.21. The van der Waals surface area contributed by atoms with Gasteiger partial charge >= 0.3 is 0 Å². The number of hydrogen-bond acceptors (Lipinski definition) is 8. The van der Waals surface area contributed by atoms with Gasteiger partial charge in [-0.25, -0.2) is 0 Å². The minimum absolute atomic E-state index is 0. The molecule has 0 saturated carbocycles. The second-order valence-corrected chi connectivity index (χ2v) is 8.26. The maximum Gasteiger partial charge on any atom is 0.0789 e. The first-order valence-corrected chi connectivity index (χ1v) is 10.6. The molecule has 32 heavy (non-hydrogen) atoms. The number of β-amino-alcohol motifs (C(OH)–C–C–N with tert-alkyl or cyclic N) is 2. The number of fused-ring (bicyclic) bond motifs is 2. The molecule has 0 spiro atoms. The lowest BCUT2D eigenvalue weighted by Crippen LogP contribution is -2.39. The van der Waals surface area contributed by atoms with Gasteiger partial charge in [0.1, 0.15) is 0 Å². The normalized spacial score (nSPS) is 17.7. The lowest BCUT2D eigenvalue weighted by Gasteiger charge is -2.28. The van der Waals surface area contributed by atoms with Crippen LogP contribution in [0.2, 0.25) is 0 Å². The molecule has 2 aliphatic heterocycles. The van der Waals surface area contributed by atoms with Gasteiger partial charge in [-0.1, -0.05) is 0 Å². The Kier molecular flexibility index (Phi) is 12.2. The summed E-state index contributed by atoms with van der Waals surface area (Å²) in [5.41, 5.74) is 15.8. The van der Waals surface area contributed by atoms with E-state index in [-0.39, 0.29) is 27.0 Å². The minimum atomic E-state index is -0.414. The van der Waals surface area contributed by atoms with Crippen molar-refractivity contribution in [2.75, 3.05) is 39.3 Å². The molecule has 0 bridgehead atoms. The van der Waals surface area contributed by atoms with Gasteiger partial charge in [0.2, 0.25) is 0 Å². The van der Waals surface area contributed by atoms with Crippen molar-refractivity contribution in [1.82, 2.24) is 29.4 Å². The maximum absolute atomic E-state index is 9.48. The molecule has 0 fully saturated rings. The van der Waals surface area contributed by atoms with E-state index in [9.17, 15) is 10.2 Å². The molecule has 0 unspecified atom stereocenters. The first-order valence-electron chi connectivity index (χ1n) is 10.6. The number of nitrogens with two attached hydrogens (primary N) is 2. The van der Waals surface area contributed by atoms with Crippen LogP contribution in [-0.2, 0) is 40.0 Å². The number of aliphatic hydroxyl groups excluding tert-OH is 2. The monoisotopic (exact) mass is 488 g/mol. The summed E-state index contributed by atoms with van der Waals surface area (Å²) < 4.78 is 3.79.